The van der Waals surface area contributed by atoms with Crippen LogP contribution < -0.4 is 5.32 Å². The zero-order chi connectivity index (χ0) is 32.7. The SMILES string of the molecule is Cc1cc(C2CN(C(=O)OC(C)C(=O)N3CCC(N4CCCCC4)CC3)CCC2N2Cc3ccc(F)cc3NC2=O)cc2cn[nH]c12. The number of ether oxygens (including phenoxy) is 1. The van der Waals surface area contributed by atoms with Crippen molar-refractivity contribution >= 4 is 34.6 Å². The number of H-pyrrole nitrogens is 1. The summed E-state index contributed by atoms with van der Waals surface area (Å²) in [5, 5.41) is 11.1. The van der Waals surface area contributed by atoms with Crippen molar-refractivity contribution in [3.8, 4) is 0 Å². The minimum atomic E-state index is -0.889. The molecule has 4 amide bonds. The predicted octanol–water partition coefficient (Wildman–Crippen LogP) is 5.22. The van der Waals surface area contributed by atoms with Gasteiger partial charge in [-0.1, -0.05) is 18.6 Å². The molecule has 0 bridgehead atoms. The van der Waals surface area contributed by atoms with Crippen molar-refractivity contribution in [2.45, 2.75) is 83.0 Å². The maximum absolute atomic E-state index is 13.9. The number of piperidine rings is 3. The molecule has 47 heavy (non-hydrogen) atoms. The first-order valence-electron chi connectivity index (χ1n) is 17.0. The van der Waals surface area contributed by atoms with E-state index in [-0.39, 0.29) is 23.9 Å². The number of urea groups is 1. The van der Waals surface area contributed by atoms with Crippen LogP contribution in [-0.4, -0.2) is 105 Å². The monoisotopic (exact) mass is 645 g/mol. The van der Waals surface area contributed by atoms with Crippen LogP contribution in [0, 0.1) is 12.7 Å². The molecule has 4 aliphatic heterocycles. The number of aromatic amines is 1. The molecule has 0 aliphatic carbocycles. The Kier molecular flexibility index (Phi) is 8.78. The van der Waals surface area contributed by atoms with Gasteiger partial charge in [0, 0.05) is 56.1 Å². The van der Waals surface area contributed by atoms with E-state index in [0.29, 0.717) is 50.9 Å². The molecule has 7 rings (SSSR count). The van der Waals surface area contributed by atoms with Crippen LogP contribution in [0.25, 0.3) is 10.9 Å². The lowest BCUT2D eigenvalue weighted by atomic mass is 9.83. The smallest absolute Gasteiger partial charge is 0.410 e. The van der Waals surface area contributed by atoms with Crippen molar-refractivity contribution in [2.24, 2.45) is 0 Å². The summed E-state index contributed by atoms with van der Waals surface area (Å²) in [5.74, 6) is -0.786. The first-order valence-corrected chi connectivity index (χ1v) is 17.0. The molecule has 0 saturated carbocycles. The molecule has 3 fully saturated rings. The first kappa shape index (κ1) is 31.4. The van der Waals surface area contributed by atoms with Gasteiger partial charge in [0.15, 0.2) is 6.10 Å². The van der Waals surface area contributed by atoms with Crippen LogP contribution in [0.1, 0.15) is 68.1 Å². The number of nitrogens with zero attached hydrogens (tertiary/aromatic N) is 5. The Morgan fingerprint density at radius 1 is 1.00 bits per heavy atom. The number of carbonyl (C=O) groups is 3. The fourth-order valence-corrected chi connectivity index (χ4v) is 8.07. The number of hydrogen-bond acceptors (Lipinski definition) is 6. The lowest BCUT2D eigenvalue weighted by molar-refractivity contribution is -0.141. The highest BCUT2D eigenvalue weighted by molar-refractivity contribution is 5.92. The van der Waals surface area contributed by atoms with Gasteiger partial charge in [0.1, 0.15) is 5.82 Å². The van der Waals surface area contributed by atoms with E-state index in [1.54, 1.807) is 29.0 Å². The molecule has 11 nitrogen and oxygen atoms in total. The second-order valence-electron chi connectivity index (χ2n) is 13.6. The Labute approximate surface area is 274 Å². The van der Waals surface area contributed by atoms with E-state index in [2.05, 4.69) is 32.5 Å². The largest absolute Gasteiger partial charge is 0.436 e. The number of halogens is 1. The molecule has 2 aromatic carbocycles. The van der Waals surface area contributed by atoms with Gasteiger partial charge in [0.05, 0.1) is 17.4 Å². The van der Waals surface area contributed by atoms with Crippen molar-refractivity contribution in [1.29, 1.82) is 0 Å². The van der Waals surface area contributed by atoms with Crippen LogP contribution in [0.3, 0.4) is 0 Å². The Hall–Kier alpha value is -4.19. The third-order valence-electron chi connectivity index (χ3n) is 10.7. The van der Waals surface area contributed by atoms with Gasteiger partial charge in [-0.2, -0.15) is 5.10 Å². The van der Waals surface area contributed by atoms with Gasteiger partial charge in [0.2, 0.25) is 0 Å². The van der Waals surface area contributed by atoms with Crippen molar-refractivity contribution in [2.75, 3.05) is 44.6 Å². The van der Waals surface area contributed by atoms with E-state index >= 15 is 0 Å². The number of rotatable bonds is 5. The lowest BCUT2D eigenvalue weighted by Crippen LogP contribution is -2.55. The highest BCUT2D eigenvalue weighted by Crippen LogP contribution is 2.37. The number of hydrogen-bond donors (Lipinski definition) is 2. The number of carbonyl (C=O) groups excluding carboxylic acids is 3. The van der Waals surface area contributed by atoms with Gasteiger partial charge in [0.25, 0.3) is 5.91 Å². The lowest BCUT2D eigenvalue weighted by Gasteiger charge is -2.45. The summed E-state index contributed by atoms with van der Waals surface area (Å²) >= 11 is 0. The highest BCUT2D eigenvalue weighted by Gasteiger charge is 2.41. The van der Waals surface area contributed by atoms with Crippen LogP contribution in [0.4, 0.5) is 19.7 Å². The fraction of sp³-hybridized carbons (Fsp3) is 0.543. The molecule has 2 N–H and O–H groups in total. The molecule has 4 aliphatic rings. The minimum Gasteiger partial charge on any atom is -0.436 e. The number of anilines is 1. The second kappa shape index (κ2) is 13.1. The summed E-state index contributed by atoms with van der Waals surface area (Å²) in [6.07, 6.45) is 6.58. The molecule has 12 heteroatoms. The number of amides is 4. The number of aryl methyl sites for hydroxylation is 1. The molecule has 1 aromatic heterocycles. The van der Waals surface area contributed by atoms with Gasteiger partial charge in [-0.05, 0) is 93.9 Å². The molecule has 3 unspecified atom stereocenters. The number of likely N-dealkylation sites (tertiary alicyclic amines) is 3. The topological polar surface area (TPSA) is 114 Å². The summed E-state index contributed by atoms with van der Waals surface area (Å²) in [6.45, 7) is 8.34. The Morgan fingerprint density at radius 2 is 1.77 bits per heavy atom. The Bertz CT molecular complexity index is 1650. The zero-order valence-electron chi connectivity index (χ0n) is 27.2. The molecule has 0 radical (unpaired) electrons. The third-order valence-corrected chi connectivity index (χ3v) is 10.7. The number of aromatic nitrogens is 2. The highest BCUT2D eigenvalue weighted by atomic mass is 19.1. The van der Waals surface area contributed by atoms with Gasteiger partial charge in [-0.25, -0.2) is 14.0 Å². The summed E-state index contributed by atoms with van der Waals surface area (Å²) in [7, 11) is 0. The molecule has 3 aromatic rings. The average molecular weight is 646 g/mol. The maximum atomic E-state index is 13.9. The van der Waals surface area contributed by atoms with Gasteiger partial charge in [-0.15, -0.1) is 0 Å². The number of benzene rings is 2. The summed E-state index contributed by atoms with van der Waals surface area (Å²) in [4.78, 5) is 48.2. The molecule has 3 atom stereocenters. The molecule has 250 valence electrons. The normalized spacial score (nSPS) is 23.4. The van der Waals surface area contributed by atoms with Crippen molar-refractivity contribution < 1.29 is 23.5 Å². The predicted molar refractivity (Wildman–Crippen MR) is 175 cm³/mol. The van der Waals surface area contributed by atoms with E-state index < -0.39 is 18.0 Å². The van der Waals surface area contributed by atoms with E-state index in [1.165, 1.54) is 31.4 Å². The molecule has 0 spiro atoms. The minimum absolute atomic E-state index is 0.150. The number of nitrogens with one attached hydrogen (secondary N) is 2. The van der Waals surface area contributed by atoms with E-state index in [4.69, 9.17) is 4.74 Å². The average Bonchev–Trinajstić information content (AvgIpc) is 3.57. The quantitative estimate of drug-likeness (QED) is 0.394. The van der Waals surface area contributed by atoms with Crippen LogP contribution in [-0.2, 0) is 16.1 Å². The van der Waals surface area contributed by atoms with E-state index in [1.807, 2.05) is 11.8 Å². The maximum Gasteiger partial charge on any atom is 0.410 e. The van der Waals surface area contributed by atoms with Crippen LogP contribution >= 0.6 is 0 Å². The van der Waals surface area contributed by atoms with Gasteiger partial charge >= 0.3 is 12.1 Å². The summed E-state index contributed by atoms with van der Waals surface area (Å²) < 4.78 is 19.7. The van der Waals surface area contributed by atoms with Gasteiger partial charge < -0.3 is 29.7 Å². The Morgan fingerprint density at radius 3 is 2.55 bits per heavy atom. The Balaban J connectivity index is 1.05. The molecular weight excluding hydrogens is 601 g/mol. The molecular formula is C35H44FN7O4. The van der Waals surface area contributed by atoms with Crippen molar-refractivity contribution in [3.63, 3.8) is 0 Å². The van der Waals surface area contributed by atoms with Crippen LogP contribution in [0.15, 0.2) is 36.5 Å². The van der Waals surface area contributed by atoms with Crippen molar-refractivity contribution in [3.05, 3.63) is 59.0 Å². The molecule has 5 heterocycles. The standard InChI is InChI=1S/C35H44FN7O4/c1-22-16-25(17-26-19-37-39-32(22)26)29-21-42(15-10-31(29)43-20-24-6-7-27(36)18-30(24)38-34(43)45)35(46)47-23(2)33(44)41-13-8-28(9-14-41)40-11-4-3-5-12-40/h6-7,16-19,23,28-29,31H,3-5,8-15,20-21H2,1-2H3,(H,37,39)(H,38,45). The van der Waals surface area contributed by atoms with Crippen LogP contribution in [0.2, 0.25) is 0 Å². The zero-order valence-corrected chi connectivity index (χ0v) is 27.2. The number of fused-ring (bicyclic) bond motifs is 2. The van der Waals surface area contributed by atoms with E-state index in [9.17, 15) is 18.8 Å². The fourth-order valence-electron chi connectivity index (χ4n) is 8.07. The van der Waals surface area contributed by atoms with Crippen molar-refractivity contribution in [1.82, 2.24) is 29.8 Å². The van der Waals surface area contributed by atoms with E-state index in [0.717, 1.165) is 53.5 Å². The third kappa shape index (κ3) is 6.39. The summed E-state index contributed by atoms with van der Waals surface area (Å²) in [5.41, 5.74) is 4.25. The molecule has 3 saturated heterocycles. The van der Waals surface area contributed by atoms with Crippen LogP contribution in [0.5, 0.6) is 0 Å². The second-order valence-corrected chi connectivity index (χ2v) is 13.6. The summed E-state index contributed by atoms with van der Waals surface area (Å²) in [6, 6.07) is 8.59. The first-order chi connectivity index (χ1) is 22.7. The van der Waals surface area contributed by atoms with Gasteiger partial charge in [-0.3, -0.25) is 9.89 Å².